The number of carbonyl (C=O) groups is 2. The van der Waals surface area contributed by atoms with E-state index < -0.39 is 34.1 Å². The first-order chi connectivity index (χ1) is 19.1. The van der Waals surface area contributed by atoms with Gasteiger partial charge in [0.25, 0.3) is 10.0 Å². The van der Waals surface area contributed by atoms with Crippen molar-refractivity contribution < 1.29 is 22.7 Å². The van der Waals surface area contributed by atoms with Crippen LogP contribution in [-0.4, -0.2) is 50.4 Å². The molecule has 0 saturated carbocycles. The minimum absolute atomic E-state index is 0.0138. The molecule has 0 aliphatic heterocycles. The van der Waals surface area contributed by atoms with Gasteiger partial charge in [-0.05, 0) is 82.6 Å². The molecule has 0 spiro atoms. The van der Waals surface area contributed by atoms with Crippen molar-refractivity contribution in [1.29, 1.82) is 0 Å². The highest BCUT2D eigenvalue weighted by atomic mass is 79.9. The molecule has 0 fully saturated rings. The average Bonchev–Trinajstić information content (AvgIpc) is 2.89. The Hall–Kier alpha value is -3.08. The van der Waals surface area contributed by atoms with E-state index in [1.807, 2.05) is 52.0 Å². The normalized spacial score (nSPS) is 12.4. The molecule has 0 radical (unpaired) electrons. The molecule has 8 nitrogen and oxygen atoms in total. The van der Waals surface area contributed by atoms with Crippen LogP contribution in [0.15, 0.2) is 76.1 Å². The number of halogens is 2. The van der Waals surface area contributed by atoms with E-state index in [-0.39, 0.29) is 28.1 Å². The molecule has 1 atom stereocenters. The van der Waals surface area contributed by atoms with E-state index in [2.05, 4.69) is 21.2 Å². The highest BCUT2D eigenvalue weighted by molar-refractivity contribution is 9.10. The lowest BCUT2D eigenvalue weighted by Gasteiger charge is -2.33. The molecule has 0 saturated heterocycles. The molecule has 11 heteroatoms. The van der Waals surface area contributed by atoms with Gasteiger partial charge in [-0.3, -0.25) is 13.9 Å². The summed E-state index contributed by atoms with van der Waals surface area (Å²) in [6, 6.07) is 17.3. The summed E-state index contributed by atoms with van der Waals surface area (Å²) in [4.78, 5) is 28.6. The SMILES string of the molecule is COc1ccc(N(CC(=O)N(Cc2cccc(Br)c2)C(C)C(=O)NC(C)(C)C)S(=O)(=O)c2ccc(C)cc2)cc1Cl. The van der Waals surface area contributed by atoms with Crippen LogP contribution in [0.3, 0.4) is 0 Å². The summed E-state index contributed by atoms with van der Waals surface area (Å²) in [5, 5.41) is 3.10. The third kappa shape index (κ3) is 8.47. The lowest BCUT2D eigenvalue weighted by Crippen LogP contribution is -2.54. The van der Waals surface area contributed by atoms with Crippen molar-refractivity contribution in [2.45, 2.75) is 57.6 Å². The van der Waals surface area contributed by atoms with Gasteiger partial charge in [-0.15, -0.1) is 0 Å². The molecule has 0 aliphatic rings. The largest absolute Gasteiger partial charge is 0.495 e. The van der Waals surface area contributed by atoms with Crippen LogP contribution in [0.2, 0.25) is 5.02 Å². The van der Waals surface area contributed by atoms with Crippen LogP contribution in [-0.2, 0) is 26.2 Å². The number of nitrogens with zero attached hydrogens (tertiary/aromatic N) is 2. The fourth-order valence-electron chi connectivity index (χ4n) is 4.07. The number of benzene rings is 3. The summed E-state index contributed by atoms with van der Waals surface area (Å²) >= 11 is 9.81. The Balaban J connectivity index is 2.08. The van der Waals surface area contributed by atoms with Gasteiger partial charge in [0.15, 0.2) is 0 Å². The first-order valence-electron chi connectivity index (χ1n) is 12.9. The van der Waals surface area contributed by atoms with Gasteiger partial charge in [-0.25, -0.2) is 8.42 Å². The van der Waals surface area contributed by atoms with Gasteiger partial charge in [-0.2, -0.15) is 0 Å². The second kappa shape index (κ2) is 13.3. The molecule has 3 rings (SSSR count). The molecule has 3 aromatic rings. The zero-order valence-corrected chi connectivity index (χ0v) is 27.1. The fraction of sp³-hybridized carbons (Fsp3) is 0.333. The van der Waals surface area contributed by atoms with Crippen molar-refractivity contribution in [1.82, 2.24) is 10.2 Å². The number of sulfonamides is 1. The van der Waals surface area contributed by atoms with Crippen LogP contribution in [0.4, 0.5) is 5.69 Å². The monoisotopic (exact) mass is 663 g/mol. The Morgan fingerprint density at radius 2 is 1.71 bits per heavy atom. The van der Waals surface area contributed by atoms with E-state index in [1.54, 1.807) is 25.1 Å². The number of rotatable bonds is 10. The Morgan fingerprint density at radius 3 is 2.27 bits per heavy atom. The molecule has 3 aromatic carbocycles. The summed E-state index contributed by atoms with van der Waals surface area (Å²) in [6.07, 6.45) is 0. The quantitative estimate of drug-likeness (QED) is 0.289. The summed E-state index contributed by atoms with van der Waals surface area (Å²) in [5.41, 5.74) is 1.30. The van der Waals surface area contributed by atoms with Crippen molar-refractivity contribution in [3.8, 4) is 5.75 Å². The van der Waals surface area contributed by atoms with Gasteiger partial charge in [0.05, 0.1) is 22.7 Å². The van der Waals surface area contributed by atoms with Crippen molar-refractivity contribution >= 4 is 55.1 Å². The van der Waals surface area contributed by atoms with Crippen molar-refractivity contribution in [3.63, 3.8) is 0 Å². The summed E-state index contributed by atoms with van der Waals surface area (Å²) < 4.78 is 35.0. The first kappa shape index (κ1) is 32.4. The van der Waals surface area contributed by atoms with Crippen LogP contribution in [0.1, 0.15) is 38.8 Å². The molecule has 1 N–H and O–H groups in total. The zero-order valence-electron chi connectivity index (χ0n) is 23.9. The van der Waals surface area contributed by atoms with Crippen molar-refractivity contribution in [3.05, 3.63) is 87.4 Å². The number of aryl methyl sites for hydroxylation is 1. The van der Waals surface area contributed by atoms with Gasteiger partial charge in [0, 0.05) is 16.6 Å². The van der Waals surface area contributed by atoms with E-state index in [9.17, 15) is 18.0 Å². The van der Waals surface area contributed by atoms with E-state index in [1.165, 1.54) is 36.3 Å². The van der Waals surface area contributed by atoms with Gasteiger partial charge in [-0.1, -0.05) is 57.4 Å². The lowest BCUT2D eigenvalue weighted by molar-refractivity contribution is -0.140. The van der Waals surface area contributed by atoms with Crippen LogP contribution in [0.5, 0.6) is 5.75 Å². The van der Waals surface area contributed by atoms with E-state index in [0.717, 1.165) is 19.9 Å². The topological polar surface area (TPSA) is 96.0 Å². The molecule has 41 heavy (non-hydrogen) atoms. The predicted molar refractivity (Wildman–Crippen MR) is 166 cm³/mol. The van der Waals surface area contributed by atoms with E-state index in [0.29, 0.717) is 5.75 Å². The molecular formula is C30H35BrClN3O5S. The van der Waals surface area contributed by atoms with Gasteiger partial charge in [0.2, 0.25) is 11.8 Å². The fourth-order valence-corrected chi connectivity index (χ4v) is 6.17. The zero-order chi connectivity index (χ0) is 30.5. The molecule has 0 heterocycles. The standard InChI is InChI=1S/C30H35BrClN3O5S/c1-20-10-13-25(14-11-20)41(38,39)35(24-12-15-27(40-6)26(32)17-24)19-28(36)34(18-22-8-7-9-23(31)16-22)21(2)29(37)33-30(3,4)5/h7-17,21H,18-19H2,1-6H3,(H,33,37). The van der Waals surface area contributed by atoms with Gasteiger partial charge >= 0.3 is 0 Å². The van der Waals surface area contributed by atoms with Crippen LogP contribution in [0.25, 0.3) is 0 Å². The van der Waals surface area contributed by atoms with Gasteiger partial charge in [0.1, 0.15) is 18.3 Å². The highest BCUT2D eigenvalue weighted by Crippen LogP contribution is 2.32. The van der Waals surface area contributed by atoms with Crippen LogP contribution >= 0.6 is 27.5 Å². The minimum atomic E-state index is -4.21. The maximum Gasteiger partial charge on any atom is 0.264 e. The number of carbonyl (C=O) groups excluding carboxylic acids is 2. The average molecular weight is 665 g/mol. The Labute approximate surface area is 255 Å². The molecule has 1 unspecified atom stereocenters. The number of hydrogen-bond donors (Lipinski definition) is 1. The third-order valence-electron chi connectivity index (χ3n) is 6.22. The number of nitrogens with one attached hydrogen (secondary N) is 1. The maximum absolute atomic E-state index is 14.0. The Kier molecular flexibility index (Phi) is 10.5. The maximum atomic E-state index is 14.0. The molecule has 0 bridgehead atoms. The summed E-state index contributed by atoms with van der Waals surface area (Å²) in [7, 11) is -2.76. The molecule has 220 valence electrons. The molecular weight excluding hydrogens is 630 g/mol. The minimum Gasteiger partial charge on any atom is -0.495 e. The second-order valence-corrected chi connectivity index (χ2v) is 13.9. The third-order valence-corrected chi connectivity index (χ3v) is 8.80. The van der Waals surface area contributed by atoms with E-state index in [4.69, 9.17) is 16.3 Å². The number of ether oxygens (including phenoxy) is 1. The lowest BCUT2D eigenvalue weighted by atomic mass is 10.1. The highest BCUT2D eigenvalue weighted by Gasteiger charge is 2.33. The van der Waals surface area contributed by atoms with Crippen molar-refractivity contribution in [2.75, 3.05) is 18.0 Å². The van der Waals surface area contributed by atoms with Crippen LogP contribution in [0, 0.1) is 6.92 Å². The van der Waals surface area contributed by atoms with Crippen LogP contribution < -0.4 is 14.4 Å². The number of amides is 2. The molecule has 2 amide bonds. The van der Waals surface area contributed by atoms with E-state index >= 15 is 0 Å². The predicted octanol–water partition coefficient (Wildman–Crippen LogP) is 5.95. The summed E-state index contributed by atoms with van der Waals surface area (Å²) in [6.45, 7) is 8.54. The molecule has 0 aliphatic carbocycles. The number of anilines is 1. The number of hydrogen-bond acceptors (Lipinski definition) is 5. The summed E-state index contributed by atoms with van der Waals surface area (Å²) in [5.74, 6) is -0.566. The second-order valence-electron chi connectivity index (χ2n) is 10.7. The smallest absolute Gasteiger partial charge is 0.264 e. The molecule has 0 aromatic heterocycles. The first-order valence-corrected chi connectivity index (χ1v) is 15.5. The van der Waals surface area contributed by atoms with Gasteiger partial charge < -0.3 is 15.0 Å². The van der Waals surface area contributed by atoms with Crippen molar-refractivity contribution in [2.24, 2.45) is 0 Å². The number of methoxy groups -OCH3 is 1. The Bertz CT molecular complexity index is 1510. The Morgan fingerprint density at radius 1 is 1.05 bits per heavy atom.